The van der Waals surface area contributed by atoms with Crippen LogP contribution in [0.15, 0.2) is 29.4 Å². The lowest BCUT2D eigenvalue weighted by Gasteiger charge is -2.04. The monoisotopic (exact) mass is 282 g/mol. The summed E-state index contributed by atoms with van der Waals surface area (Å²) in [7, 11) is 0. The van der Waals surface area contributed by atoms with Crippen LogP contribution in [-0.2, 0) is 0 Å². The van der Waals surface area contributed by atoms with Crippen molar-refractivity contribution in [3.63, 3.8) is 0 Å². The molecule has 18 heavy (non-hydrogen) atoms. The second kappa shape index (κ2) is 6.11. The Bertz CT molecular complexity index is 527. The number of hydrogen-bond donors (Lipinski definition) is 1. The number of hydrogen-bond acceptors (Lipinski definition) is 4. The summed E-state index contributed by atoms with van der Waals surface area (Å²) in [5, 5.41) is 9.55. The topological polar surface area (TPSA) is 56.7 Å². The molecule has 0 aliphatic rings. The first-order chi connectivity index (χ1) is 8.74. The predicted molar refractivity (Wildman–Crippen MR) is 76.3 cm³/mol. The van der Waals surface area contributed by atoms with Crippen LogP contribution in [0.5, 0.6) is 0 Å². The molecule has 0 fully saturated rings. The largest absolute Gasteiger partial charge is 0.335 e. The van der Waals surface area contributed by atoms with Crippen molar-refractivity contribution in [2.75, 3.05) is 11.6 Å². The zero-order chi connectivity index (χ0) is 13.0. The lowest BCUT2D eigenvalue weighted by Crippen LogP contribution is -2.11. The van der Waals surface area contributed by atoms with E-state index in [0.29, 0.717) is 10.8 Å². The number of nitrogens with two attached hydrogens (primary N) is 1. The minimum absolute atomic E-state index is 0.597. The Morgan fingerprint density at radius 2 is 2.11 bits per heavy atom. The fourth-order valence-corrected chi connectivity index (χ4v) is 2.67. The Hall–Kier alpha value is -1.20. The zero-order valence-corrected chi connectivity index (χ0v) is 11.7. The van der Waals surface area contributed by atoms with E-state index in [-0.39, 0.29) is 0 Å². The first kappa shape index (κ1) is 13.2. The van der Waals surface area contributed by atoms with Crippen molar-refractivity contribution in [2.24, 2.45) is 0 Å². The minimum atomic E-state index is 0.597. The van der Waals surface area contributed by atoms with Gasteiger partial charge in [0.15, 0.2) is 5.82 Å². The summed E-state index contributed by atoms with van der Waals surface area (Å²) in [6, 6.07) is 7.48. The number of rotatable bonds is 5. The number of benzene rings is 1. The lowest BCUT2D eigenvalue weighted by atomic mass is 10.2. The summed E-state index contributed by atoms with van der Waals surface area (Å²) < 4.78 is 1.50. The first-order valence-electron chi connectivity index (χ1n) is 5.82. The van der Waals surface area contributed by atoms with Crippen molar-refractivity contribution in [1.82, 2.24) is 14.9 Å². The van der Waals surface area contributed by atoms with Gasteiger partial charge < -0.3 is 5.84 Å². The Morgan fingerprint density at radius 1 is 1.33 bits per heavy atom. The molecular weight excluding hydrogens is 268 g/mol. The number of halogens is 1. The molecule has 0 unspecified atom stereocenters. The summed E-state index contributed by atoms with van der Waals surface area (Å²) in [5.41, 5.74) is 0.802. The summed E-state index contributed by atoms with van der Waals surface area (Å²) in [6.07, 6.45) is 2.29. The molecule has 0 atom stereocenters. The van der Waals surface area contributed by atoms with E-state index in [0.717, 1.165) is 29.3 Å². The quantitative estimate of drug-likeness (QED) is 0.520. The summed E-state index contributed by atoms with van der Waals surface area (Å²) >= 11 is 7.74. The van der Waals surface area contributed by atoms with Crippen molar-refractivity contribution >= 4 is 23.4 Å². The third kappa shape index (κ3) is 2.79. The van der Waals surface area contributed by atoms with Crippen LogP contribution in [0, 0.1) is 0 Å². The third-order valence-electron chi connectivity index (χ3n) is 2.51. The Labute approximate surface area is 116 Å². The molecule has 0 bridgehead atoms. The van der Waals surface area contributed by atoms with E-state index in [9.17, 15) is 0 Å². The second-order valence-corrected chi connectivity index (χ2v) is 5.33. The van der Waals surface area contributed by atoms with E-state index in [1.807, 2.05) is 24.3 Å². The molecule has 6 heteroatoms. The maximum Gasteiger partial charge on any atom is 0.210 e. The van der Waals surface area contributed by atoms with Crippen LogP contribution in [0.25, 0.3) is 11.4 Å². The summed E-state index contributed by atoms with van der Waals surface area (Å²) in [5.74, 6) is 7.59. The van der Waals surface area contributed by atoms with Crippen LogP contribution in [0.3, 0.4) is 0 Å². The van der Waals surface area contributed by atoms with Crippen LogP contribution in [0.2, 0.25) is 5.02 Å². The lowest BCUT2D eigenvalue weighted by molar-refractivity contribution is 0.840. The standard InChI is InChI=1S/C12H15ClN4S/c1-2-3-8-18-12-16-15-11(17(12)14)9-6-4-5-7-10(9)13/h4-7H,2-3,8,14H2,1H3. The molecule has 96 valence electrons. The van der Waals surface area contributed by atoms with Crippen molar-refractivity contribution in [2.45, 2.75) is 24.9 Å². The number of aromatic nitrogens is 3. The smallest absolute Gasteiger partial charge is 0.210 e. The SMILES string of the molecule is CCCCSc1nnc(-c2ccccc2Cl)n1N. The molecule has 0 aliphatic carbocycles. The average molecular weight is 283 g/mol. The van der Waals surface area contributed by atoms with Gasteiger partial charge in [0.25, 0.3) is 0 Å². The second-order valence-electron chi connectivity index (χ2n) is 3.86. The van der Waals surface area contributed by atoms with E-state index in [2.05, 4.69) is 17.1 Å². The number of nitrogens with zero attached hydrogens (tertiary/aromatic N) is 3. The fourth-order valence-electron chi connectivity index (χ4n) is 1.51. The molecule has 0 spiro atoms. The molecule has 2 aromatic rings. The van der Waals surface area contributed by atoms with Gasteiger partial charge in [0.1, 0.15) is 0 Å². The molecule has 2 rings (SSSR count). The van der Waals surface area contributed by atoms with Gasteiger partial charge in [-0.3, -0.25) is 0 Å². The number of unbranched alkanes of at least 4 members (excludes halogenated alkanes) is 1. The third-order valence-corrected chi connectivity index (χ3v) is 3.87. The van der Waals surface area contributed by atoms with E-state index >= 15 is 0 Å². The molecular formula is C12H15ClN4S. The molecule has 0 aliphatic heterocycles. The Balaban J connectivity index is 2.23. The number of thioether (sulfide) groups is 1. The fraction of sp³-hybridized carbons (Fsp3) is 0.333. The van der Waals surface area contributed by atoms with E-state index < -0.39 is 0 Å². The molecule has 1 heterocycles. The molecule has 2 N–H and O–H groups in total. The van der Waals surface area contributed by atoms with Crippen LogP contribution in [0.1, 0.15) is 19.8 Å². The highest BCUT2D eigenvalue weighted by Gasteiger charge is 2.13. The van der Waals surface area contributed by atoms with Gasteiger partial charge in [0.05, 0.1) is 5.02 Å². The molecule has 0 saturated heterocycles. The van der Waals surface area contributed by atoms with Crippen LogP contribution in [0.4, 0.5) is 0 Å². The van der Waals surface area contributed by atoms with Gasteiger partial charge in [-0.05, 0) is 18.6 Å². The first-order valence-corrected chi connectivity index (χ1v) is 7.18. The molecule has 1 aromatic carbocycles. The van der Waals surface area contributed by atoms with Crippen molar-refractivity contribution < 1.29 is 0 Å². The van der Waals surface area contributed by atoms with Crippen molar-refractivity contribution in [3.8, 4) is 11.4 Å². The van der Waals surface area contributed by atoms with Crippen molar-refractivity contribution in [3.05, 3.63) is 29.3 Å². The van der Waals surface area contributed by atoms with Gasteiger partial charge in [-0.15, -0.1) is 10.2 Å². The molecule has 0 amide bonds. The average Bonchev–Trinajstić information content (AvgIpc) is 2.72. The maximum atomic E-state index is 6.12. The van der Waals surface area contributed by atoms with Crippen LogP contribution < -0.4 is 5.84 Å². The summed E-state index contributed by atoms with van der Waals surface area (Å²) in [4.78, 5) is 0. The van der Waals surface area contributed by atoms with Gasteiger partial charge in [0.2, 0.25) is 5.16 Å². The van der Waals surface area contributed by atoms with Crippen LogP contribution in [-0.4, -0.2) is 20.6 Å². The minimum Gasteiger partial charge on any atom is -0.335 e. The van der Waals surface area contributed by atoms with Gasteiger partial charge in [-0.2, -0.15) is 0 Å². The highest BCUT2D eigenvalue weighted by molar-refractivity contribution is 7.99. The van der Waals surface area contributed by atoms with E-state index in [4.69, 9.17) is 17.4 Å². The molecule has 0 radical (unpaired) electrons. The number of nitrogen functional groups attached to an aromatic ring is 1. The van der Waals surface area contributed by atoms with Gasteiger partial charge >= 0.3 is 0 Å². The molecule has 4 nitrogen and oxygen atoms in total. The van der Waals surface area contributed by atoms with E-state index in [1.165, 1.54) is 4.68 Å². The van der Waals surface area contributed by atoms with Gasteiger partial charge in [0, 0.05) is 11.3 Å². The van der Waals surface area contributed by atoms with Gasteiger partial charge in [-0.1, -0.05) is 48.8 Å². The highest BCUT2D eigenvalue weighted by atomic mass is 35.5. The normalized spacial score (nSPS) is 10.8. The van der Waals surface area contributed by atoms with Crippen molar-refractivity contribution in [1.29, 1.82) is 0 Å². The summed E-state index contributed by atoms with van der Waals surface area (Å²) in [6.45, 7) is 2.16. The molecule has 0 saturated carbocycles. The zero-order valence-electron chi connectivity index (χ0n) is 10.1. The Morgan fingerprint density at radius 3 is 2.83 bits per heavy atom. The predicted octanol–water partition coefficient (Wildman–Crippen LogP) is 3.20. The Kier molecular flexibility index (Phi) is 4.49. The molecule has 1 aromatic heterocycles. The highest BCUT2D eigenvalue weighted by Crippen LogP contribution is 2.27. The van der Waals surface area contributed by atoms with Crippen LogP contribution >= 0.6 is 23.4 Å². The maximum absolute atomic E-state index is 6.12. The van der Waals surface area contributed by atoms with E-state index in [1.54, 1.807) is 11.8 Å². The van der Waals surface area contributed by atoms with Gasteiger partial charge in [-0.25, -0.2) is 4.68 Å².